The lowest BCUT2D eigenvalue weighted by atomic mass is 10.1. The number of carbonyl (C=O) groups excluding carboxylic acids is 1. The van der Waals surface area contributed by atoms with Gasteiger partial charge in [0, 0.05) is 31.7 Å². The summed E-state index contributed by atoms with van der Waals surface area (Å²) in [5.74, 6) is -2.46. The number of amides is 2. The third-order valence-electron chi connectivity index (χ3n) is 7.66. The Kier molecular flexibility index (Phi) is 9.96. The zero-order chi connectivity index (χ0) is 37.4. The van der Waals surface area contributed by atoms with Crippen LogP contribution in [-0.2, 0) is 20.0 Å². The molecule has 0 fully saturated rings. The summed E-state index contributed by atoms with van der Waals surface area (Å²) < 4.78 is 58.0. The normalized spacial score (nSPS) is 11.6. The molecule has 0 saturated heterocycles. The number of halogens is 2. The van der Waals surface area contributed by atoms with Crippen molar-refractivity contribution in [1.82, 2.24) is 0 Å². The number of anilines is 4. The number of sulfonamides is 2. The molecular formula is C35H24Br2N4O9S2. The Labute approximate surface area is 313 Å². The Morgan fingerprint density at radius 1 is 0.462 bits per heavy atom. The average molecular weight is 869 g/mol. The van der Waals surface area contributed by atoms with Crippen molar-refractivity contribution in [2.45, 2.75) is 9.79 Å². The van der Waals surface area contributed by atoms with Crippen LogP contribution in [0.4, 0.5) is 27.5 Å². The van der Waals surface area contributed by atoms with E-state index in [9.17, 15) is 41.4 Å². The molecule has 52 heavy (non-hydrogen) atoms. The van der Waals surface area contributed by atoms with Crippen LogP contribution in [0.2, 0.25) is 0 Å². The summed E-state index contributed by atoms with van der Waals surface area (Å²) in [7, 11) is -8.22. The molecule has 0 aliphatic carbocycles. The molecule has 2 amide bonds. The Morgan fingerprint density at radius 2 is 0.827 bits per heavy atom. The van der Waals surface area contributed by atoms with E-state index in [1.165, 1.54) is 60.7 Å². The Balaban J connectivity index is 1.17. The number of carboxylic acid groups (broad SMARTS) is 2. The number of urea groups is 1. The summed E-state index contributed by atoms with van der Waals surface area (Å²) in [6, 6.07) is 26.2. The van der Waals surface area contributed by atoms with Gasteiger partial charge in [0.05, 0.1) is 20.9 Å². The average Bonchev–Trinajstić information content (AvgIpc) is 3.08. The Morgan fingerprint density at radius 3 is 1.21 bits per heavy atom. The smallest absolute Gasteiger partial charge is 0.336 e. The maximum absolute atomic E-state index is 13.2. The molecule has 0 aliphatic heterocycles. The maximum atomic E-state index is 13.2. The van der Waals surface area contributed by atoms with Gasteiger partial charge in [0.1, 0.15) is 0 Å². The van der Waals surface area contributed by atoms with Crippen LogP contribution in [0.25, 0.3) is 21.5 Å². The number of nitrogens with one attached hydrogen (secondary N) is 4. The summed E-state index contributed by atoms with van der Waals surface area (Å²) in [5.41, 5.74) is 0.605. The minimum atomic E-state index is -4.11. The van der Waals surface area contributed by atoms with E-state index in [0.717, 1.165) is 0 Å². The number of aromatic carboxylic acids is 2. The first kappa shape index (κ1) is 36.3. The third-order valence-corrected chi connectivity index (χ3v) is 11.8. The summed E-state index contributed by atoms with van der Waals surface area (Å²) in [6.07, 6.45) is 0. The Bertz CT molecular complexity index is 2510. The third kappa shape index (κ3) is 8.02. The van der Waals surface area contributed by atoms with Crippen molar-refractivity contribution in [3.8, 4) is 0 Å². The number of rotatable bonds is 10. The molecule has 0 bridgehead atoms. The lowest BCUT2D eigenvalue weighted by Crippen LogP contribution is -2.19. The SMILES string of the molecule is O=C(Nc1ccc2ccc(S(=O)(=O)Nc3ccc(Br)c(C(=O)O)c3)cc2c1)Nc1ccc2ccc(S(=O)(=O)Nc3ccc(Br)c(C(=O)O)c3)cc2c1. The van der Waals surface area contributed by atoms with Gasteiger partial charge in [-0.3, -0.25) is 9.44 Å². The number of hydrogen-bond acceptors (Lipinski definition) is 7. The molecule has 6 aromatic rings. The molecule has 0 saturated carbocycles. The molecule has 0 spiro atoms. The van der Waals surface area contributed by atoms with Crippen LogP contribution in [0.5, 0.6) is 0 Å². The van der Waals surface area contributed by atoms with Gasteiger partial charge in [0.25, 0.3) is 20.0 Å². The minimum absolute atomic E-state index is 0.0628. The van der Waals surface area contributed by atoms with Gasteiger partial charge in [-0.25, -0.2) is 31.2 Å². The second kappa shape index (κ2) is 14.3. The first-order valence-electron chi connectivity index (χ1n) is 14.8. The highest BCUT2D eigenvalue weighted by atomic mass is 79.9. The van der Waals surface area contributed by atoms with Crippen molar-refractivity contribution in [2.24, 2.45) is 0 Å². The molecular weight excluding hydrogens is 844 g/mol. The van der Waals surface area contributed by atoms with E-state index >= 15 is 0 Å². The van der Waals surface area contributed by atoms with Gasteiger partial charge in [-0.15, -0.1) is 0 Å². The number of carboxylic acids is 2. The topological polar surface area (TPSA) is 208 Å². The van der Waals surface area contributed by atoms with Gasteiger partial charge in [-0.1, -0.05) is 24.3 Å². The van der Waals surface area contributed by atoms with Gasteiger partial charge < -0.3 is 20.8 Å². The van der Waals surface area contributed by atoms with Crippen molar-refractivity contribution in [3.63, 3.8) is 0 Å². The fraction of sp³-hybridized carbons (Fsp3) is 0. The fourth-order valence-corrected chi connectivity index (χ4v) is 8.17. The van der Waals surface area contributed by atoms with Crippen LogP contribution in [0.3, 0.4) is 0 Å². The number of hydrogen-bond donors (Lipinski definition) is 6. The molecule has 0 radical (unpaired) electrons. The van der Waals surface area contributed by atoms with Crippen molar-refractivity contribution < 1.29 is 41.4 Å². The number of benzene rings is 6. The van der Waals surface area contributed by atoms with Gasteiger partial charge in [0.15, 0.2) is 0 Å². The second-order valence-corrected chi connectivity index (χ2v) is 16.3. The van der Waals surface area contributed by atoms with Gasteiger partial charge >= 0.3 is 18.0 Å². The lowest BCUT2D eigenvalue weighted by Gasteiger charge is -2.12. The van der Waals surface area contributed by atoms with E-state index in [-0.39, 0.29) is 32.3 Å². The zero-order valence-electron chi connectivity index (χ0n) is 26.2. The summed E-state index contributed by atoms with van der Waals surface area (Å²) in [6.45, 7) is 0. The van der Waals surface area contributed by atoms with E-state index in [4.69, 9.17) is 0 Å². The highest BCUT2D eigenvalue weighted by Gasteiger charge is 2.19. The molecule has 0 heterocycles. The minimum Gasteiger partial charge on any atom is -0.478 e. The zero-order valence-corrected chi connectivity index (χ0v) is 31.0. The van der Waals surface area contributed by atoms with E-state index in [1.807, 2.05) is 0 Å². The lowest BCUT2D eigenvalue weighted by molar-refractivity contribution is 0.0685. The van der Waals surface area contributed by atoms with Crippen molar-refractivity contribution in [2.75, 3.05) is 20.1 Å². The highest BCUT2D eigenvalue weighted by molar-refractivity contribution is 9.10. The predicted octanol–water partition coefficient (Wildman–Crippen LogP) is 8.16. The van der Waals surface area contributed by atoms with Crippen LogP contribution in [0.1, 0.15) is 20.7 Å². The molecule has 0 atom stereocenters. The van der Waals surface area contributed by atoms with Crippen LogP contribution in [0.15, 0.2) is 128 Å². The number of fused-ring (bicyclic) bond motifs is 2. The van der Waals surface area contributed by atoms with Crippen LogP contribution < -0.4 is 20.1 Å². The monoisotopic (exact) mass is 866 g/mol. The molecule has 264 valence electrons. The summed E-state index contributed by atoms with van der Waals surface area (Å²) >= 11 is 6.26. The quantitative estimate of drug-likeness (QED) is 0.0784. The molecule has 0 aliphatic rings. The van der Waals surface area contributed by atoms with Crippen LogP contribution in [-0.4, -0.2) is 45.0 Å². The van der Waals surface area contributed by atoms with E-state index in [1.54, 1.807) is 48.5 Å². The summed E-state index contributed by atoms with van der Waals surface area (Å²) in [4.78, 5) is 35.7. The summed E-state index contributed by atoms with van der Waals surface area (Å²) in [5, 5.41) is 26.5. The molecule has 0 unspecified atom stereocenters. The maximum Gasteiger partial charge on any atom is 0.336 e. The van der Waals surface area contributed by atoms with Crippen molar-refractivity contribution >= 4 is 114 Å². The number of carbonyl (C=O) groups is 3. The van der Waals surface area contributed by atoms with Gasteiger partial charge in [-0.2, -0.15) is 0 Å². The van der Waals surface area contributed by atoms with Gasteiger partial charge in [-0.05, 0) is 138 Å². The standard InChI is InChI=1S/C35H24Br2N4O9S2/c36-31-11-7-25(17-29(31)33(42)43)40-51(47,48)27-9-3-19-1-5-23(13-21(19)15-27)38-35(46)39-24-6-2-20-4-10-28(16-22(20)14-24)52(49,50)41-26-8-12-32(37)30(18-26)34(44)45/h1-18,40-41H,(H,42,43)(H,44,45)(H2,38,39,46). The molecule has 6 N–H and O–H groups in total. The van der Waals surface area contributed by atoms with Crippen molar-refractivity contribution in [1.29, 1.82) is 0 Å². The van der Waals surface area contributed by atoms with Crippen molar-refractivity contribution in [3.05, 3.63) is 129 Å². The predicted molar refractivity (Wildman–Crippen MR) is 204 cm³/mol. The molecule has 13 nitrogen and oxygen atoms in total. The first-order valence-corrected chi connectivity index (χ1v) is 19.4. The fourth-order valence-electron chi connectivity index (χ4n) is 5.17. The van der Waals surface area contributed by atoms with E-state index in [2.05, 4.69) is 51.9 Å². The Hall–Kier alpha value is -5.49. The second-order valence-electron chi connectivity index (χ2n) is 11.2. The van der Waals surface area contributed by atoms with Crippen LogP contribution >= 0.6 is 31.9 Å². The van der Waals surface area contributed by atoms with E-state index < -0.39 is 38.0 Å². The molecule has 0 aromatic heterocycles. The molecule has 6 rings (SSSR count). The first-order chi connectivity index (χ1) is 24.6. The van der Waals surface area contributed by atoms with Crippen LogP contribution in [0, 0.1) is 0 Å². The largest absolute Gasteiger partial charge is 0.478 e. The highest BCUT2D eigenvalue weighted by Crippen LogP contribution is 2.29. The molecule has 6 aromatic carbocycles. The van der Waals surface area contributed by atoms with Gasteiger partial charge in [0.2, 0.25) is 0 Å². The molecule has 17 heteroatoms. The van der Waals surface area contributed by atoms with E-state index in [0.29, 0.717) is 41.9 Å².